The van der Waals surface area contributed by atoms with E-state index in [2.05, 4.69) is 10.2 Å². The Balaban J connectivity index is 1.73. The summed E-state index contributed by atoms with van der Waals surface area (Å²) >= 11 is 6.10. The molecule has 1 unspecified atom stereocenters. The van der Waals surface area contributed by atoms with Crippen LogP contribution in [-0.2, 0) is 16.0 Å². The molecule has 6 nitrogen and oxygen atoms in total. The number of ether oxygens (including phenoxy) is 1. The average molecular weight is 411 g/mol. The Morgan fingerprint density at radius 1 is 1.28 bits per heavy atom. The van der Waals surface area contributed by atoms with E-state index >= 15 is 0 Å². The number of hydrogen-bond acceptors (Lipinski definition) is 4. The Bertz CT molecular complexity index is 1030. The van der Waals surface area contributed by atoms with Crippen LogP contribution < -0.4 is 5.32 Å². The first-order valence-electron chi connectivity index (χ1n) is 9.24. The maximum absolute atomic E-state index is 12.7. The van der Waals surface area contributed by atoms with Gasteiger partial charge in [-0.15, -0.1) is 0 Å². The zero-order chi connectivity index (χ0) is 21.0. The predicted octanol–water partition coefficient (Wildman–Crippen LogP) is 4.84. The summed E-state index contributed by atoms with van der Waals surface area (Å²) in [6.07, 6.45) is 1.28. The second-order valence-corrected chi connectivity index (χ2v) is 7.12. The highest BCUT2D eigenvalue weighted by molar-refractivity contribution is 6.34. The highest BCUT2D eigenvalue weighted by atomic mass is 35.5. The van der Waals surface area contributed by atoms with E-state index in [1.165, 1.54) is 18.2 Å². The molecule has 0 fully saturated rings. The minimum atomic E-state index is -0.395. The van der Waals surface area contributed by atoms with Crippen molar-refractivity contribution in [3.8, 4) is 0 Å². The Morgan fingerprint density at radius 2 is 2.07 bits per heavy atom. The van der Waals surface area contributed by atoms with Gasteiger partial charge in [0.15, 0.2) is 11.5 Å². The summed E-state index contributed by atoms with van der Waals surface area (Å²) < 4.78 is 4.94. The molecule has 0 aliphatic heterocycles. The average Bonchev–Trinajstić information content (AvgIpc) is 2.70. The van der Waals surface area contributed by atoms with Crippen LogP contribution in [0, 0.1) is 12.5 Å². The number of hydrogen-bond donors (Lipinski definition) is 1. The van der Waals surface area contributed by atoms with Gasteiger partial charge in [-0.3, -0.25) is 14.4 Å². The van der Waals surface area contributed by atoms with E-state index in [1.54, 1.807) is 25.1 Å². The molecule has 2 aromatic carbocycles. The molecule has 2 aromatic rings. The summed E-state index contributed by atoms with van der Waals surface area (Å²) in [7, 11) is 0. The van der Waals surface area contributed by atoms with Crippen LogP contribution in [0.4, 0.5) is 11.4 Å². The number of esters is 1. The normalized spacial score (nSPS) is 15.2. The molecule has 1 aliphatic carbocycles. The molecule has 7 heteroatoms. The molecular weight excluding hydrogens is 392 g/mol. The monoisotopic (exact) mass is 410 g/mol. The summed E-state index contributed by atoms with van der Waals surface area (Å²) in [6, 6.07) is 9.58. The molecule has 0 spiro atoms. The van der Waals surface area contributed by atoms with Gasteiger partial charge in [0.25, 0.3) is 5.91 Å². The van der Waals surface area contributed by atoms with Crippen molar-refractivity contribution in [2.24, 2.45) is 5.92 Å². The standard InChI is InChI=1S/C22H19ClN2O4/c1-3-29-20(26)11-14-5-4-13-10-16(7-8-17(13)21(14)27)25-22(28)18-9-6-15(24-2)12-19(18)23/h6-10,12,14H,3-5,11H2,1H3,(H,25,28). The van der Waals surface area contributed by atoms with Crippen molar-refractivity contribution in [1.29, 1.82) is 0 Å². The smallest absolute Gasteiger partial charge is 0.306 e. The molecule has 1 N–H and O–H groups in total. The highest BCUT2D eigenvalue weighted by Gasteiger charge is 2.29. The van der Waals surface area contributed by atoms with Crippen LogP contribution in [0.5, 0.6) is 0 Å². The largest absolute Gasteiger partial charge is 0.466 e. The zero-order valence-electron chi connectivity index (χ0n) is 15.8. The van der Waals surface area contributed by atoms with Gasteiger partial charge in [0.1, 0.15) is 0 Å². The lowest BCUT2D eigenvalue weighted by atomic mass is 9.81. The number of carbonyl (C=O) groups is 3. The number of nitrogens with one attached hydrogen (secondary N) is 1. The van der Waals surface area contributed by atoms with E-state index < -0.39 is 5.91 Å². The van der Waals surface area contributed by atoms with E-state index in [0.29, 0.717) is 36.4 Å². The van der Waals surface area contributed by atoms with E-state index in [0.717, 1.165) is 5.56 Å². The Labute approximate surface area is 173 Å². The van der Waals surface area contributed by atoms with Crippen LogP contribution in [0.25, 0.3) is 4.85 Å². The third-order valence-electron chi connectivity index (χ3n) is 4.81. The first-order chi connectivity index (χ1) is 13.9. The number of aryl methyl sites for hydroxylation is 1. The molecule has 0 radical (unpaired) electrons. The minimum absolute atomic E-state index is 0.0741. The number of halogens is 1. The van der Waals surface area contributed by atoms with Crippen molar-refractivity contribution in [1.82, 2.24) is 0 Å². The number of rotatable bonds is 5. The summed E-state index contributed by atoms with van der Waals surface area (Å²) in [5.74, 6) is -1.20. The fourth-order valence-corrected chi connectivity index (χ4v) is 3.63. The molecule has 1 atom stereocenters. The van der Waals surface area contributed by atoms with Gasteiger partial charge in [-0.25, -0.2) is 4.85 Å². The third-order valence-corrected chi connectivity index (χ3v) is 5.12. The summed E-state index contributed by atoms with van der Waals surface area (Å²) in [5, 5.41) is 2.98. The van der Waals surface area contributed by atoms with E-state index in [4.69, 9.17) is 22.9 Å². The van der Waals surface area contributed by atoms with E-state index in [1.807, 2.05) is 0 Å². The van der Waals surface area contributed by atoms with Gasteiger partial charge in [0, 0.05) is 22.2 Å². The number of nitrogens with zero attached hydrogens (tertiary/aromatic N) is 1. The number of amides is 1. The zero-order valence-corrected chi connectivity index (χ0v) is 16.6. The van der Waals surface area contributed by atoms with Crippen LogP contribution >= 0.6 is 11.6 Å². The van der Waals surface area contributed by atoms with Crippen LogP contribution in [0.15, 0.2) is 36.4 Å². The fraction of sp³-hybridized carbons (Fsp3) is 0.273. The van der Waals surface area contributed by atoms with Gasteiger partial charge in [0.2, 0.25) is 0 Å². The van der Waals surface area contributed by atoms with Crippen LogP contribution in [0.3, 0.4) is 0 Å². The molecule has 0 aromatic heterocycles. The van der Waals surface area contributed by atoms with Gasteiger partial charge < -0.3 is 10.1 Å². The first kappa shape index (κ1) is 20.6. The van der Waals surface area contributed by atoms with Crippen molar-refractivity contribution in [3.63, 3.8) is 0 Å². The third kappa shape index (κ3) is 4.64. The number of benzene rings is 2. The molecule has 3 rings (SSSR count). The molecule has 29 heavy (non-hydrogen) atoms. The Hall–Kier alpha value is -3.17. The lowest BCUT2D eigenvalue weighted by molar-refractivity contribution is -0.144. The lowest BCUT2D eigenvalue weighted by Crippen LogP contribution is -2.26. The predicted molar refractivity (Wildman–Crippen MR) is 110 cm³/mol. The molecule has 1 amide bonds. The Morgan fingerprint density at radius 3 is 2.76 bits per heavy atom. The lowest BCUT2D eigenvalue weighted by Gasteiger charge is -2.23. The summed E-state index contributed by atoms with van der Waals surface area (Å²) in [6.45, 7) is 9.02. The van der Waals surface area contributed by atoms with Crippen LogP contribution in [-0.4, -0.2) is 24.3 Å². The fourth-order valence-electron chi connectivity index (χ4n) is 3.37. The van der Waals surface area contributed by atoms with Crippen LogP contribution in [0.2, 0.25) is 5.02 Å². The maximum Gasteiger partial charge on any atom is 0.306 e. The van der Waals surface area contributed by atoms with Gasteiger partial charge in [-0.1, -0.05) is 23.7 Å². The van der Waals surface area contributed by atoms with Gasteiger partial charge in [0.05, 0.1) is 25.2 Å². The number of ketones is 1. The van der Waals surface area contributed by atoms with Gasteiger partial charge >= 0.3 is 5.97 Å². The first-order valence-corrected chi connectivity index (χ1v) is 9.61. The maximum atomic E-state index is 12.7. The molecule has 0 bridgehead atoms. The van der Waals surface area contributed by atoms with Crippen molar-refractivity contribution >= 4 is 40.6 Å². The summed E-state index contributed by atoms with van der Waals surface area (Å²) in [5.41, 5.74) is 2.58. The van der Waals surface area contributed by atoms with Gasteiger partial charge in [-0.05, 0) is 49.6 Å². The molecular formula is C22H19ClN2O4. The minimum Gasteiger partial charge on any atom is -0.466 e. The SMILES string of the molecule is [C-]#[N+]c1ccc(C(=O)Nc2ccc3c(c2)CCC(CC(=O)OCC)C3=O)c(Cl)c1. The number of anilines is 1. The van der Waals surface area contributed by atoms with Crippen molar-refractivity contribution in [2.45, 2.75) is 26.2 Å². The molecule has 0 heterocycles. The molecule has 148 valence electrons. The summed E-state index contributed by atoms with van der Waals surface area (Å²) in [4.78, 5) is 40.2. The van der Waals surface area contributed by atoms with Crippen LogP contribution in [0.1, 0.15) is 46.0 Å². The molecule has 0 saturated heterocycles. The van der Waals surface area contributed by atoms with E-state index in [-0.39, 0.29) is 34.7 Å². The molecule has 0 saturated carbocycles. The van der Waals surface area contributed by atoms with Gasteiger partial charge in [-0.2, -0.15) is 0 Å². The second-order valence-electron chi connectivity index (χ2n) is 6.71. The molecule has 1 aliphatic rings. The van der Waals surface area contributed by atoms with Crippen molar-refractivity contribution in [2.75, 3.05) is 11.9 Å². The van der Waals surface area contributed by atoms with Crippen molar-refractivity contribution in [3.05, 3.63) is 69.5 Å². The number of Topliss-reactive ketones (excluding diaryl/α,β-unsaturated/α-hetero) is 1. The number of carbonyl (C=O) groups excluding carboxylic acids is 3. The number of fused-ring (bicyclic) bond motifs is 1. The van der Waals surface area contributed by atoms with Crippen molar-refractivity contribution < 1.29 is 19.1 Å². The Kier molecular flexibility index (Phi) is 6.30. The highest BCUT2D eigenvalue weighted by Crippen LogP contribution is 2.30. The second kappa shape index (κ2) is 8.89. The van der Waals surface area contributed by atoms with E-state index in [9.17, 15) is 14.4 Å². The topological polar surface area (TPSA) is 76.8 Å². The quantitative estimate of drug-likeness (QED) is 0.565.